The summed E-state index contributed by atoms with van der Waals surface area (Å²) in [4.78, 5) is 2.76. The fraction of sp³-hybridized carbons (Fsp3) is 1.00. The molecule has 100 valence electrons. The third-order valence-corrected chi connectivity index (χ3v) is 4.86. The van der Waals surface area contributed by atoms with Gasteiger partial charge in [-0.25, -0.2) is 0 Å². The molecule has 0 aromatic rings. The molecule has 2 heteroatoms. The minimum Gasteiger partial charge on any atom is -0.313 e. The molecule has 2 nitrogen and oxygen atoms in total. The maximum Gasteiger partial charge on any atom is 0.0197 e. The van der Waals surface area contributed by atoms with Gasteiger partial charge in [0.05, 0.1) is 0 Å². The van der Waals surface area contributed by atoms with Crippen LogP contribution in [0.3, 0.4) is 0 Å². The van der Waals surface area contributed by atoms with E-state index in [4.69, 9.17) is 0 Å². The van der Waals surface area contributed by atoms with Gasteiger partial charge < -0.3 is 5.32 Å². The van der Waals surface area contributed by atoms with Crippen LogP contribution in [0.25, 0.3) is 0 Å². The molecule has 2 aliphatic rings. The largest absolute Gasteiger partial charge is 0.313 e. The van der Waals surface area contributed by atoms with E-state index in [1.807, 2.05) is 0 Å². The second-order valence-corrected chi connectivity index (χ2v) is 6.00. The quantitative estimate of drug-likeness (QED) is 0.810. The second kappa shape index (κ2) is 6.75. The number of piperidine rings is 2. The van der Waals surface area contributed by atoms with Gasteiger partial charge in [-0.05, 0) is 51.1 Å². The highest BCUT2D eigenvalue weighted by molar-refractivity contribution is 4.84. The maximum atomic E-state index is 3.73. The third-order valence-electron chi connectivity index (χ3n) is 4.86. The summed E-state index contributed by atoms with van der Waals surface area (Å²) in [5, 5.41) is 3.73. The van der Waals surface area contributed by atoms with Gasteiger partial charge in [0.2, 0.25) is 0 Å². The van der Waals surface area contributed by atoms with Gasteiger partial charge in [0.15, 0.2) is 0 Å². The first-order valence-corrected chi connectivity index (χ1v) is 7.80. The Morgan fingerprint density at radius 2 is 2.00 bits per heavy atom. The van der Waals surface area contributed by atoms with Crippen LogP contribution in [-0.4, -0.2) is 36.6 Å². The van der Waals surface area contributed by atoms with Crippen LogP contribution in [0.15, 0.2) is 0 Å². The fourth-order valence-corrected chi connectivity index (χ4v) is 3.65. The highest BCUT2D eigenvalue weighted by Crippen LogP contribution is 2.23. The summed E-state index contributed by atoms with van der Waals surface area (Å²) < 4.78 is 0. The first-order valence-electron chi connectivity index (χ1n) is 7.80. The van der Waals surface area contributed by atoms with Crippen molar-refractivity contribution in [2.24, 2.45) is 5.92 Å². The number of hydrogen-bond donors (Lipinski definition) is 1. The van der Waals surface area contributed by atoms with E-state index in [1.165, 1.54) is 64.6 Å². The predicted octanol–water partition coefficient (Wildman–Crippen LogP) is 3.03. The average molecular weight is 238 g/mol. The van der Waals surface area contributed by atoms with Crippen LogP contribution < -0.4 is 5.32 Å². The Bertz CT molecular complexity index is 217. The van der Waals surface area contributed by atoms with Gasteiger partial charge in [-0.15, -0.1) is 0 Å². The summed E-state index contributed by atoms with van der Waals surface area (Å²) in [5.41, 5.74) is 0. The van der Waals surface area contributed by atoms with Crippen LogP contribution in [0.1, 0.15) is 58.8 Å². The minimum atomic E-state index is 0.765. The van der Waals surface area contributed by atoms with Gasteiger partial charge in [-0.2, -0.15) is 0 Å². The lowest BCUT2D eigenvalue weighted by molar-refractivity contribution is 0.115. The van der Waals surface area contributed by atoms with Crippen molar-refractivity contribution in [3.63, 3.8) is 0 Å². The second-order valence-electron chi connectivity index (χ2n) is 6.00. The lowest BCUT2D eigenvalue weighted by Gasteiger charge is -2.40. The van der Waals surface area contributed by atoms with Crippen molar-refractivity contribution >= 4 is 0 Å². The summed E-state index contributed by atoms with van der Waals surface area (Å²) in [6.07, 6.45) is 9.80. The number of nitrogens with zero attached hydrogens (tertiary/aromatic N) is 1. The Labute approximate surface area is 107 Å². The standard InChI is InChI=1S/C15H30N2/c1-3-13-8-9-16-14(11-13)12-17-10-6-5-7-15(17)4-2/h13-16H,3-12H2,1-2H3. The Hall–Kier alpha value is -0.0800. The summed E-state index contributed by atoms with van der Waals surface area (Å²) in [6, 6.07) is 1.63. The SMILES string of the molecule is CCC1CCNC(CN2CCCCC2CC)C1. The van der Waals surface area contributed by atoms with Gasteiger partial charge in [0, 0.05) is 18.6 Å². The Kier molecular flexibility index (Phi) is 5.30. The zero-order chi connectivity index (χ0) is 12.1. The van der Waals surface area contributed by atoms with E-state index in [-0.39, 0.29) is 0 Å². The fourth-order valence-electron chi connectivity index (χ4n) is 3.65. The van der Waals surface area contributed by atoms with Crippen molar-refractivity contribution in [3.05, 3.63) is 0 Å². The molecule has 2 fully saturated rings. The van der Waals surface area contributed by atoms with E-state index >= 15 is 0 Å². The lowest BCUT2D eigenvalue weighted by atomic mass is 9.89. The number of likely N-dealkylation sites (tertiary alicyclic amines) is 1. The Balaban J connectivity index is 1.81. The van der Waals surface area contributed by atoms with E-state index in [0.29, 0.717) is 0 Å². The van der Waals surface area contributed by atoms with Gasteiger partial charge in [0.1, 0.15) is 0 Å². The van der Waals surface area contributed by atoms with Gasteiger partial charge >= 0.3 is 0 Å². The van der Waals surface area contributed by atoms with Gasteiger partial charge in [-0.1, -0.05) is 26.7 Å². The van der Waals surface area contributed by atoms with Crippen molar-refractivity contribution < 1.29 is 0 Å². The first-order chi connectivity index (χ1) is 8.33. The van der Waals surface area contributed by atoms with Crippen molar-refractivity contribution in [2.75, 3.05) is 19.6 Å². The van der Waals surface area contributed by atoms with Gasteiger partial charge in [0.25, 0.3) is 0 Å². The molecule has 3 atom stereocenters. The molecule has 0 aromatic carbocycles. The highest BCUT2D eigenvalue weighted by Gasteiger charge is 2.26. The molecular formula is C15H30N2. The molecular weight excluding hydrogens is 208 g/mol. The van der Waals surface area contributed by atoms with Crippen LogP contribution in [-0.2, 0) is 0 Å². The Morgan fingerprint density at radius 1 is 1.12 bits per heavy atom. The monoisotopic (exact) mass is 238 g/mol. The van der Waals surface area contributed by atoms with Crippen molar-refractivity contribution in [1.29, 1.82) is 0 Å². The van der Waals surface area contributed by atoms with E-state index in [0.717, 1.165) is 18.0 Å². The summed E-state index contributed by atoms with van der Waals surface area (Å²) in [7, 11) is 0. The van der Waals surface area contributed by atoms with Crippen molar-refractivity contribution in [3.8, 4) is 0 Å². The molecule has 2 rings (SSSR count). The van der Waals surface area contributed by atoms with Crippen molar-refractivity contribution in [1.82, 2.24) is 10.2 Å². The minimum absolute atomic E-state index is 0.765. The van der Waals surface area contributed by atoms with Gasteiger partial charge in [-0.3, -0.25) is 4.90 Å². The molecule has 0 spiro atoms. The van der Waals surface area contributed by atoms with Crippen LogP contribution in [0.5, 0.6) is 0 Å². The first kappa shape index (κ1) is 13.4. The number of hydrogen-bond acceptors (Lipinski definition) is 2. The third kappa shape index (κ3) is 3.69. The van der Waals surface area contributed by atoms with E-state index in [1.54, 1.807) is 0 Å². The highest BCUT2D eigenvalue weighted by atomic mass is 15.2. The number of rotatable bonds is 4. The van der Waals surface area contributed by atoms with Crippen LogP contribution in [0.2, 0.25) is 0 Å². The maximum absolute atomic E-state index is 3.73. The van der Waals surface area contributed by atoms with Crippen LogP contribution in [0.4, 0.5) is 0 Å². The summed E-state index contributed by atoms with van der Waals surface area (Å²) in [6.45, 7) is 8.59. The summed E-state index contributed by atoms with van der Waals surface area (Å²) >= 11 is 0. The molecule has 2 saturated heterocycles. The predicted molar refractivity (Wildman–Crippen MR) is 74.3 cm³/mol. The summed E-state index contributed by atoms with van der Waals surface area (Å²) in [5.74, 6) is 0.978. The topological polar surface area (TPSA) is 15.3 Å². The lowest BCUT2D eigenvalue weighted by Crippen LogP contribution is -2.50. The number of nitrogens with one attached hydrogen (secondary N) is 1. The molecule has 0 aliphatic carbocycles. The zero-order valence-corrected chi connectivity index (χ0v) is 11.8. The molecule has 0 aromatic heterocycles. The molecule has 2 heterocycles. The molecule has 0 radical (unpaired) electrons. The Morgan fingerprint density at radius 3 is 2.76 bits per heavy atom. The molecule has 0 amide bonds. The van der Waals surface area contributed by atoms with E-state index in [9.17, 15) is 0 Å². The normalized spacial score (nSPS) is 36.0. The molecule has 0 bridgehead atoms. The van der Waals surface area contributed by atoms with Crippen LogP contribution >= 0.6 is 0 Å². The zero-order valence-electron chi connectivity index (χ0n) is 11.8. The molecule has 1 N–H and O–H groups in total. The molecule has 17 heavy (non-hydrogen) atoms. The molecule has 2 aliphatic heterocycles. The van der Waals surface area contributed by atoms with E-state index in [2.05, 4.69) is 24.1 Å². The van der Waals surface area contributed by atoms with Crippen molar-refractivity contribution in [2.45, 2.75) is 70.9 Å². The average Bonchev–Trinajstić information content (AvgIpc) is 2.39. The van der Waals surface area contributed by atoms with E-state index < -0.39 is 0 Å². The smallest absolute Gasteiger partial charge is 0.0197 e. The molecule has 3 unspecified atom stereocenters. The molecule has 0 saturated carbocycles. The van der Waals surface area contributed by atoms with Crippen LogP contribution in [0, 0.1) is 5.92 Å².